The van der Waals surface area contributed by atoms with Crippen LogP contribution in [0.1, 0.15) is 17.5 Å². The van der Waals surface area contributed by atoms with Gasteiger partial charge in [0.1, 0.15) is 5.82 Å². The van der Waals surface area contributed by atoms with Gasteiger partial charge in [0.05, 0.1) is 0 Å². The molecule has 1 aromatic carbocycles. The SMILES string of the molecule is C=CCCc1c(Cl)ccc(C)c1F. The van der Waals surface area contributed by atoms with Crippen LogP contribution in [0.15, 0.2) is 24.8 Å². The van der Waals surface area contributed by atoms with Crippen LogP contribution in [0.3, 0.4) is 0 Å². The third-order valence-corrected chi connectivity index (χ3v) is 2.33. The highest BCUT2D eigenvalue weighted by molar-refractivity contribution is 6.31. The zero-order chi connectivity index (χ0) is 9.84. The monoisotopic (exact) mass is 198 g/mol. The van der Waals surface area contributed by atoms with E-state index in [9.17, 15) is 4.39 Å². The average molecular weight is 199 g/mol. The van der Waals surface area contributed by atoms with Crippen LogP contribution in [0.25, 0.3) is 0 Å². The molecule has 70 valence electrons. The van der Waals surface area contributed by atoms with Crippen molar-refractivity contribution in [3.8, 4) is 0 Å². The van der Waals surface area contributed by atoms with Gasteiger partial charge >= 0.3 is 0 Å². The molecule has 0 aliphatic rings. The van der Waals surface area contributed by atoms with Crippen molar-refractivity contribution in [2.75, 3.05) is 0 Å². The molecule has 0 saturated carbocycles. The van der Waals surface area contributed by atoms with Gasteiger partial charge in [0.25, 0.3) is 0 Å². The predicted molar refractivity (Wildman–Crippen MR) is 54.7 cm³/mol. The molecule has 0 fully saturated rings. The Morgan fingerprint density at radius 3 is 2.85 bits per heavy atom. The van der Waals surface area contributed by atoms with Crippen molar-refractivity contribution < 1.29 is 4.39 Å². The molecular weight excluding hydrogens is 187 g/mol. The average Bonchev–Trinajstić information content (AvgIpc) is 2.12. The third-order valence-electron chi connectivity index (χ3n) is 1.98. The number of hydrogen-bond acceptors (Lipinski definition) is 0. The summed E-state index contributed by atoms with van der Waals surface area (Å²) in [6.07, 6.45) is 3.13. The van der Waals surface area contributed by atoms with E-state index in [0.29, 0.717) is 22.6 Å². The number of allylic oxidation sites excluding steroid dienone is 1. The van der Waals surface area contributed by atoms with Crippen molar-refractivity contribution in [2.45, 2.75) is 19.8 Å². The van der Waals surface area contributed by atoms with Crippen LogP contribution in [0.2, 0.25) is 5.02 Å². The Bertz CT molecular complexity index is 318. The normalized spacial score (nSPS) is 10.1. The first-order chi connectivity index (χ1) is 6.16. The molecule has 0 radical (unpaired) electrons. The standard InChI is InChI=1S/C11H12ClF/c1-3-4-5-9-10(12)7-6-8(2)11(9)13/h3,6-7H,1,4-5H2,2H3. The first kappa shape index (κ1) is 10.3. The molecule has 0 saturated heterocycles. The Morgan fingerprint density at radius 1 is 1.54 bits per heavy atom. The van der Waals surface area contributed by atoms with Crippen molar-refractivity contribution in [1.82, 2.24) is 0 Å². The predicted octanol–water partition coefficient (Wildman–Crippen LogP) is 3.91. The second kappa shape index (κ2) is 4.43. The second-order valence-electron chi connectivity index (χ2n) is 2.98. The van der Waals surface area contributed by atoms with E-state index in [1.165, 1.54) is 0 Å². The lowest BCUT2D eigenvalue weighted by Crippen LogP contribution is -1.94. The van der Waals surface area contributed by atoms with Crippen LogP contribution in [0.4, 0.5) is 4.39 Å². The van der Waals surface area contributed by atoms with E-state index >= 15 is 0 Å². The van der Waals surface area contributed by atoms with Gasteiger partial charge in [-0.2, -0.15) is 0 Å². The molecule has 0 heterocycles. The number of benzene rings is 1. The molecule has 0 aromatic heterocycles. The van der Waals surface area contributed by atoms with E-state index in [2.05, 4.69) is 6.58 Å². The summed E-state index contributed by atoms with van der Waals surface area (Å²) < 4.78 is 13.5. The zero-order valence-electron chi connectivity index (χ0n) is 7.61. The van der Waals surface area contributed by atoms with Crippen LogP contribution in [0, 0.1) is 12.7 Å². The first-order valence-corrected chi connectivity index (χ1v) is 4.59. The Kier molecular flexibility index (Phi) is 3.49. The van der Waals surface area contributed by atoms with Crippen LogP contribution in [-0.2, 0) is 6.42 Å². The van der Waals surface area contributed by atoms with E-state index in [1.807, 2.05) is 0 Å². The Labute approximate surface area is 83.0 Å². The quantitative estimate of drug-likeness (QED) is 0.647. The lowest BCUT2D eigenvalue weighted by Gasteiger charge is -2.06. The maximum absolute atomic E-state index is 13.5. The maximum atomic E-state index is 13.5. The smallest absolute Gasteiger partial charge is 0.130 e. The molecule has 0 aliphatic carbocycles. The van der Waals surface area contributed by atoms with Gasteiger partial charge in [0, 0.05) is 10.6 Å². The van der Waals surface area contributed by atoms with Crippen molar-refractivity contribution in [1.29, 1.82) is 0 Å². The maximum Gasteiger partial charge on any atom is 0.130 e. The minimum absolute atomic E-state index is 0.186. The van der Waals surface area contributed by atoms with Gasteiger partial charge in [0.2, 0.25) is 0 Å². The second-order valence-corrected chi connectivity index (χ2v) is 3.39. The minimum atomic E-state index is -0.186. The Hall–Kier alpha value is -0.820. The fourth-order valence-corrected chi connectivity index (χ4v) is 1.43. The van der Waals surface area contributed by atoms with E-state index in [4.69, 9.17) is 11.6 Å². The molecule has 2 heteroatoms. The largest absolute Gasteiger partial charge is 0.206 e. The summed E-state index contributed by atoms with van der Waals surface area (Å²) >= 11 is 5.86. The van der Waals surface area contributed by atoms with Crippen LogP contribution < -0.4 is 0 Å². The molecule has 0 atom stereocenters. The number of hydrogen-bond donors (Lipinski definition) is 0. The molecule has 0 spiro atoms. The van der Waals surface area contributed by atoms with E-state index in [-0.39, 0.29) is 5.82 Å². The number of halogens is 2. The van der Waals surface area contributed by atoms with E-state index in [0.717, 1.165) is 6.42 Å². The van der Waals surface area contributed by atoms with E-state index in [1.54, 1.807) is 25.1 Å². The molecule has 0 aliphatic heterocycles. The summed E-state index contributed by atoms with van der Waals surface area (Å²) in [7, 11) is 0. The van der Waals surface area contributed by atoms with Crippen molar-refractivity contribution in [2.24, 2.45) is 0 Å². The summed E-state index contributed by atoms with van der Waals surface area (Å²) in [6, 6.07) is 3.42. The molecule has 0 nitrogen and oxygen atoms in total. The minimum Gasteiger partial charge on any atom is -0.206 e. The van der Waals surface area contributed by atoms with Crippen molar-refractivity contribution >= 4 is 11.6 Å². The summed E-state index contributed by atoms with van der Waals surface area (Å²) in [4.78, 5) is 0. The number of aryl methyl sites for hydroxylation is 1. The lowest BCUT2D eigenvalue weighted by atomic mass is 10.1. The van der Waals surface area contributed by atoms with Gasteiger partial charge < -0.3 is 0 Å². The summed E-state index contributed by atoms with van der Waals surface area (Å²) in [6.45, 7) is 5.33. The highest BCUT2D eigenvalue weighted by atomic mass is 35.5. The zero-order valence-corrected chi connectivity index (χ0v) is 8.37. The van der Waals surface area contributed by atoms with Crippen LogP contribution in [-0.4, -0.2) is 0 Å². The van der Waals surface area contributed by atoms with Crippen molar-refractivity contribution in [3.63, 3.8) is 0 Å². The lowest BCUT2D eigenvalue weighted by molar-refractivity contribution is 0.600. The summed E-state index contributed by atoms with van der Waals surface area (Å²) in [5.74, 6) is -0.186. The molecule has 1 rings (SSSR count). The molecule has 0 bridgehead atoms. The highest BCUT2D eigenvalue weighted by Crippen LogP contribution is 2.23. The Balaban J connectivity index is 3.02. The Morgan fingerprint density at radius 2 is 2.23 bits per heavy atom. The molecule has 0 amide bonds. The highest BCUT2D eigenvalue weighted by Gasteiger charge is 2.08. The van der Waals surface area contributed by atoms with Gasteiger partial charge in [-0.25, -0.2) is 4.39 Å². The fraction of sp³-hybridized carbons (Fsp3) is 0.273. The van der Waals surface area contributed by atoms with Gasteiger partial charge in [-0.15, -0.1) is 6.58 Å². The summed E-state index contributed by atoms with van der Waals surface area (Å²) in [5, 5.41) is 0.505. The topological polar surface area (TPSA) is 0 Å². The number of rotatable bonds is 3. The fourth-order valence-electron chi connectivity index (χ4n) is 1.19. The summed E-state index contributed by atoms with van der Waals surface area (Å²) in [5.41, 5.74) is 1.24. The van der Waals surface area contributed by atoms with Gasteiger partial charge in [-0.3, -0.25) is 0 Å². The van der Waals surface area contributed by atoms with Gasteiger partial charge in [-0.1, -0.05) is 23.7 Å². The molecule has 13 heavy (non-hydrogen) atoms. The molecule has 0 N–H and O–H groups in total. The third kappa shape index (κ3) is 2.31. The van der Waals surface area contributed by atoms with Gasteiger partial charge in [-0.05, 0) is 31.4 Å². The first-order valence-electron chi connectivity index (χ1n) is 4.21. The molecule has 1 aromatic rings. The van der Waals surface area contributed by atoms with Crippen LogP contribution in [0.5, 0.6) is 0 Å². The van der Waals surface area contributed by atoms with Crippen LogP contribution >= 0.6 is 11.6 Å². The van der Waals surface area contributed by atoms with Gasteiger partial charge in [0.15, 0.2) is 0 Å². The molecule has 0 unspecified atom stereocenters. The van der Waals surface area contributed by atoms with E-state index < -0.39 is 0 Å². The molecular formula is C11H12ClF. The van der Waals surface area contributed by atoms with Crippen molar-refractivity contribution in [3.05, 3.63) is 46.8 Å².